The number of carbonyl (C=O) groups is 1. The number of allylic oxidation sites excluding steroid dienone is 3. The Bertz CT molecular complexity index is 1950. The maximum absolute atomic E-state index is 13.5. The zero-order valence-corrected chi connectivity index (χ0v) is 65.3. The van der Waals surface area contributed by atoms with E-state index in [-0.39, 0.29) is 18.9 Å². The van der Waals surface area contributed by atoms with Gasteiger partial charge in [0.25, 0.3) is 0 Å². The van der Waals surface area contributed by atoms with E-state index < -0.39 is 124 Å². The summed E-state index contributed by atoms with van der Waals surface area (Å²) in [5.74, 6) is -0.276. The minimum atomic E-state index is -1.98. The highest BCUT2D eigenvalue weighted by Gasteiger charge is 2.54. The number of carbonyl (C=O) groups excluding carboxylic acids is 1. The number of rotatable bonds is 70. The molecule has 17 atom stereocenters. The molecule has 3 saturated heterocycles. The van der Waals surface area contributed by atoms with Crippen LogP contribution in [-0.2, 0) is 33.2 Å². The van der Waals surface area contributed by atoms with Crippen LogP contribution in [0.3, 0.4) is 0 Å². The van der Waals surface area contributed by atoms with Crippen LogP contribution in [-0.4, -0.2) is 193 Å². The Morgan fingerprint density at radius 2 is 0.621 bits per heavy atom. The second kappa shape index (κ2) is 65.0. The number of aliphatic hydroxyl groups excluding tert-OH is 11. The molecule has 0 aliphatic carbocycles. The quantitative estimate of drug-likeness (QED) is 0.0199. The van der Waals surface area contributed by atoms with Gasteiger partial charge in [0.2, 0.25) is 5.91 Å². The van der Waals surface area contributed by atoms with Crippen molar-refractivity contribution in [2.45, 2.75) is 478 Å². The molecule has 0 saturated carbocycles. The predicted molar refractivity (Wildman–Crippen MR) is 411 cm³/mol. The van der Waals surface area contributed by atoms with Crippen LogP contribution in [0.15, 0.2) is 24.3 Å². The monoisotopic (exact) mass is 1470 g/mol. The normalized spacial score (nSPS) is 26.1. The third-order valence-electron chi connectivity index (χ3n) is 21.8. The molecule has 1 amide bonds. The number of amides is 1. The van der Waals surface area contributed by atoms with Crippen LogP contribution in [0.2, 0.25) is 0 Å². The van der Waals surface area contributed by atoms with Gasteiger partial charge in [0.1, 0.15) is 73.2 Å². The molecule has 12 N–H and O–H groups in total. The van der Waals surface area contributed by atoms with Gasteiger partial charge in [0.05, 0.1) is 38.6 Å². The van der Waals surface area contributed by atoms with E-state index in [1.165, 1.54) is 302 Å². The summed E-state index contributed by atoms with van der Waals surface area (Å²) in [6, 6.07) is -0.989. The van der Waals surface area contributed by atoms with Crippen molar-refractivity contribution in [1.29, 1.82) is 0 Å². The number of ether oxygens (including phenoxy) is 6. The molecule has 0 aromatic carbocycles. The first-order valence-corrected chi connectivity index (χ1v) is 43.1. The lowest BCUT2D eigenvalue weighted by Crippen LogP contribution is -2.66. The van der Waals surface area contributed by atoms with Crippen LogP contribution in [0.1, 0.15) is 373 Å². The molecule has 19 nitrogen and oxygen atoms in total. The molecular weight excluding hydrogens is 1310 g/mol. The summed E-state index contributed by atoms with van der Waals surface area (Å²) in [5, 5.41) is 121. The average Bonchev–Trinajstić information content (AvgIpc) is 0.780. The van der Waals surface area contributed by atoms with E-state index >= 15 is 0 Å². The highest BCUT2D eigenvalue weighted by Crippen LogP contribution is 2.33. The van der Waals surface area contributed by atoms with Crippen molar-refractivity contribution in [3.63, 3.8) is 0 Å². The standard InChI is InChI=1S/C84H159NO18/c1-3-5-7-9-11-13-15-17-19-21-23-25-27-29-31-33-34-35-37-39-41-43-45-47-49-51-53-55-57-59-61-68(89)67(85-72(90)62-60-58-56-54-52-50-48-46-44-42-40-38-36-32-30-28-26-24-22-20-18-16-14-12-10-8-6-4-2)66-98-82-78(96)75(93)80(70(64-87)100-82)103-84-79(97)76(94)81(71(65-88)101-84)102-83-77(95)74(92)73(91)69(63-86)99-83/h51,53,59,61,67-71,73-84,86-89,91-97H,3-50,52,54-58,60,62-66H2,1-2H3,(H,85,90)/b53-51+,61-59+. The van der Waals surface area contributed by atoms with Gasteiger partial charge in [-0.25, -0.2) is 0 Å². The lowest BCUT2D eigenvalue weighted by molar-refractivity contribution is -0.379. The van der Waals surface area contributed by atoms with Crippen molar-refractivity contribution in [2.24, 2.45) is 0 Å². The first-order chi connectivity index (χ1) is 50.3. The van der Waals surface area contributed by atoms with Crippen molar-refractivity contribution >= 4 is 5.91 Å². The van der Waals surface area contributed by atoms with E-state index in [9.17, 15) is 61.0 Å². The molecule has 3 fully saturated rings. The summed E-state index contributed by atoms with van der Waals surface area (Å²) in [5.41, 5.74) is 0. The van der Waals surface area contributed by atoms with Crippen LogP contribution in [0.5, 0.6) is 0 Å². The Morgan fingerprint density at radius 3 is 0.971 bits per heavy atom. The molecule has 3 aliphatic rings. The Labute approximate surface area is 626 Å². The van der Waals surface area contributed by atoms with Crippen LogP contribution in [0, 0.1) is 0 Å². The van der Waals surface area contributed by atoms with Gasteiger partial charge in [-0.15, -0.1) is 0 Å². The first kappa shape index (κ1) is 95.5. The molecule has 3 heterocycles. The SMILES string of the molecule is CCCCCCCCCCCCCCCCCCCCCCCCCC/C=C/CC/C=C/C(O)C(COC1OC(CO)C(OC2OC(CO)C(OC3OC(CO)C(O)C(O)C3O)C(O)C2O)C(O)C1O)NC(=O)CCCCCCCCCCCCCCCCCCCCCCCCCCCCCC. The molecule has 17 unspecified atom stereocenters. The topological polar surface area (TPSA) is 307 Å². The number of nitrogens with one attached hydrogen (secondary N) is 1. The van der Waals surface area contributed by atoms with E-state index in [4.69, 9.17) is 28.4 Å². The van der Waals surface area contributed by atoms with Crippen LogP contribution in [0.25, 0.3) is 0 Å². The van der Waals surface area contributed by atoms with Gasteiger partial charge in [-0.05, 0) is 32.1 Å². The Kier molecular flexibility index (Phi) is 60.3. The van der Waals surface area contributed by atoms with Gasteiger partial charge in [0, 0.05) is 6.42 Å². The molecule has 0 aromatic rings. The number of unbranched alkanes of at least 4 members (excludes halogenated alkanes) is 52. The minimum Gasteiger partial charge on any atom is -0.394 e. The summed E-state index contributed by atoms with van der Waals surface area (Å²) in [4.78, 5) is 13.5. The van der Waals surface area contributed by atoms with Crippen LogP contribution < -0.4 is 5.32 Å². The van der Waals surface area contributed by atoms with Crippen molar-refractivity contribution in [2.75, 3.05) is 26.4 Å². The lowest BCUT2D eigenvalue weighted by atomic mass is 9.96. The van der Waals surface area contributed by atoms with Gasteiger partial charge in [0.15, 0.2) is 18.9 Å². The highest BCUT2D eigenvalue weighted by molar-refractivity contribution is 5.76. The van der Waals surface area contributed by atoms with Gasteiger partial charge in [-0.1, -0.05) is 359 Å². The molecule has 3 aliphatic heterocycles. The summed E-state index contributed by atoms with van der Waals surface area (Å²) in [6.07, 6.45) is 53.3. The largest absolute Gasteiger partial charge is 0.394 e. The molecule has 103 heavy (non-hydrogen) atoms. The van der Waals surface area contributed by atoms with Crippen LogP contribution >= 0.6 is 0 Å². The third-order valence-corrected chi connectivity index (χ3v) is 21.8. The minimum absolute atomic E-state index is 0.241. The Balaban J connectivity index is 1.36. The fourth-order valence-corrected chi connectivity index (χ4v) is 14.9. The van der Waals surface area contributed by atoms with Gasteiger partial charge in [-0.2, -0.15) is 0 Å². The van der Waals surface area contributed by atoms with E-state index in [1.807, 2.05) is 6.08 Å². The van der Waals surface area contributed by atoms with E-state index in [0.717, 1.165) is 38.5 Å². The fourth-order valence-electron chi connectivity index (χ4n) is 14.9. The maximum atomic E-state index is 13.5. The second-order valence-electron chi connectivity index (χ2n) is 31.0. The lowest BCUT2D eigenvalue weighted by Gasteiger charge is -2.48. The van der Waals surface area contributed by atoms with Crippen LogP contribution in [0.4, 0.5) is 0 Å². The van der Waals surface area contributed by atoms with E-state index in [0.29, 0.717) is 12.8 Å². The summed E-state index contributed by atoms with van der Waals surface area (Å²) < 4.78 is 34.5. The van der Waals surface area contributed by atoms with Crippen molar-refractivity contribution in [3.05, 3.63) is 24.3 Å². The molecule has 0 aromatic heterocycles. The van der Waals surface area contributed by atoms with Gasteiger partial charge in [-0.3, -0.25) is 4.79 Å². The van der Waals surface area contributed by atoms with Gasteiger partial charge >= 0.3 is 0 Å². The average molecular weight is 1470 g/mol. The number of hydrogen-bond acceptors (Lipinski definition) is 18. The molecule has 0 bridgehead atoms. The highest BCUT2D eigenvalue weighted by atomic mass is 16.8. The fraction of sp³-hybridized carbons (Fsp3) is 0.940. The number of aliphatic hydroxyl groups is 11. The summed E-state index contributed by atoms with van der Waals surface area (Å²) in [6.45, 7) is 1.79. The van der Waals surface area contributed by atoms with Crippen molar-refractivity contribution < 1.29 is 89.4 Å². The van der Waals surface area contributed by atoms with E-state index in [1.54, 1.807) is 6.08 Å². The van der Waals surface area contributed by atoms with Crippen molar-refractivity contribution in [1.82, 2.24) is 5.32 Å². The zero-order chi connectivity index (χ0) is 74.6. The summed E-state index contributed by atoms with van der Waals surface area (Å²) >= 11 is 0. The Hall–Kier alpha value is -1.73. The molecule has 0 spiro atoms. The molecule has 0 radical (unpaired) electrons. The predicted octanol–water partition coefficient (Wildman–Crippen LogP) is 15.3. The van der Waals surface area contributed by atoms with E-state index in [2.05, 4.69) is 31.3 Å². The summed E-state index contributed by atoms with van der Waals surface area (Å²) in [7, 11) is 0. The first-order valence-electron chi connectivity index (χ1n) is 43.1. The molecule has 608 valence electrons. The Morgan fingerprint density at radius 1 is 0.340 bits per heavy atom. The smallest absolute Gasteiger partial charge is 0.220 e. The zero-order valence-electron chi connectivity index (χ0n) is 65.3. The molecule has 3 rings (SSSR count). The second-order valence-corrected chi connectivity index (χ2v) is 31.0. The molecule has 19 heteroatoms. The molecular formula is C84H159NO18. The number of hydrogen-bond donors (Lipinski definition) is 12. The maximum Gasteiger partial charge on any atom is 0.220 e. The van der Waals surface area contributed by atoms with Crippen molar-refractivity contribution in [3.8, 4) is 0 Å². The van der Waals surface area contributed by atoms with Gasteiger partial charge < -0.3 is 89.9 Å². The third kappa shape index (κ3) is 44.6.